The fourth-order valence-electron chi connectivity index (χ4n) is 6.36. The van der Waals surface area contributed by atoms with Crippen LogP contribution >= 0.6 is 0 Å². The van der Waals surface area contributed by atoms with Gasteiger partial charge in [0, 0.05) is 56.9 Å². The number of aryl methyl sites for hydroxylation is 2. The number of hydrogen-bond donors (Lipinski definition) is 0. The predicted molar refractivity (Wildman–Crippen MR) is 217 cm³/mol. The predicted octanol–water partition coefficient (Wildman–Crippen LogP) is 9.59. The van der Waals surface area contributed by atoms with E-state index in [1.807, 2.05) is 154 Å². The van der Waals surface area contributed by atoms with Crippen LogP contribution in [0.5, 0.6) is 0 Å². The molecule has 0 amide bonds. The summed E-state index contributed by atoms with van der Waals surface area (Å²) in [7, 11) is 0. The fraction of sp³-hybridized carbons (Fsp3) is 0.0435. The zero-order valence-corrected chi connectivity index (χ0v) is 30.5. The van der Waals surface area contributed by atoms with Gasteiger partial charge in [-0.15, -0.1) is 0 Å². The van der Waals surface area contributed by atoms with Gasteiger partial charge in [-0.05, 0) is 43.7 Å². The summed E-state index contributed by atoms with van der Waals surface area (Å²) in [6.07, 6.45) is 3.60. The molecule has 0 unspecified atom stereocenters. The van der Waals surface area contributed by atoms with Gasteiger partial charge in [0.1, 0.15) is 11.6 Å². The van der Waals surface area contributed by atoms with Crippen LogP contribution < -0.4 is 0 Å². The summed E-state index contributed by atoms with van der Waals surface area (Å²) in [5, 5.41) is 0. The molecule has 0 radical (unpaired) electrons. The molecule has 0 bridgehead atoms. The molecule has 4 heterocycles. The first-order valence-electron chi connectivity index (χ1n) is 18.1. The van der Waals surface area contributed by atoms with Crippen molar-refractivity contribution in [1.29, 1.82) is 0 Å². The molecular formula is C46H32N10. The lowest BCUT2D eigenvalue weighted by atomic mass is 9.99. The number of benzene rings is 5. The van der Waals surface area contributed by atoms with Crippen molar-refractivity contribution in [2.24, 2.45) is 0 Å². The van der Waals surface area contributed by atoms with Crippen LogP contribution in [0.1, 0.15) is 11.6 Å². The molecule has 10 nitrogen and oxygen atoms in total. The SMILES string of the molecule is Cc1nc(-c2ccccc2)nc(-c2ccc(-c3nc(-c4ccccc4)nc(-c4cc(-c5cccnc5)cc(-c5nc(C)nc(-c6ccccc6)n5)c4)n3)cc2)n1. The van der Waals surface area contributed by atoms with Crippen LogP contribution in [0.4, 0.5) is 0 Å². The number of hydrogen-bond acceptors (Lipinski definition) is 10. The third-order valence-corrected chi connectivity index (χ3v) is 9.07. The Morgan fingerprint density at radius 2 is 0.571 bits per heavy atom. The monoisotopic (exact) mass is 724 g/mol. The Bertz CT molecular complexity index is 2800. The third kappa shape index (κ3) is 7.27. The van der Waals surface area contributed by atoms with Gasteiger partial charge >= 0.3 is 0 Å². The molecule has 0 spiro atoms. The minimum absolute atomic E-state index is 0.500. The Balaban J connectivity index is 1.17. The summed E-state index contributed by atoms with van der Waals surface area (Å²) in [4.78, 5) is 47.9. The van der Waals surface area contributed by atoms with Gasteiger partial charge in [0.2, 0.25) is 0 Å². The van der Waals surface area contributed by atoms with Crippen molar-refractivity contribution in [3.8, 4) is 90.8 Å². The van der Waals surface area contributed by atoms with Crippen LogP contribution in [-0.4, -0.2) is 49.8 Å². The van der Waals surface area contributed by atoms with E-state index in [0.29, 0.717) is 52.4 Å². The van der Waals surface area contributed by atoms with Gasteiger partial charge in [-0.3, -0.25) is 4.98 Å². The summed E-state index contributed by atoms with van der Waals surface area (Å²) < 4.78 is 0. The van der Waals surface area contributed by atoms with Crippen molar-refractivity contribution < 1.29 is 0 Å². The van der Waals surface area contributed by atoms with Crippen molar-refractivity contribution in [1.82, 2.24) is 49.8 Å². The molecule has 0 aliphatic carbocycles. The van der Waals surface area contributed by atoms with Gasteiger partial charge < -0.3 is 0 Å². The quantitative estimate of drug-likeness (QED) is 0.149. The maximum Gasteiger partial charge on any atom is 0.164 e. The standard InChI is InChI=1S/C46H32N10/c1-29-48-40(31-13-6-3-7-14-31)52-42(50-29)34-20-22-35(23-21-34)44-54-43(33-17-10-5-11-18-33)55-46(56-44)39-26-37(36-19-12-24-47-28-36)25-38(27-39)45-51-30(2)49-41(53-45)32-15-8-4-9-16-32/h3-28H,1-2H3. The van der Waals surface area contributed by atoms with Crippen LogP contribution in [-0.2, 0) is 0 Å². The Morgan fingerprint density at radius 3 is 0.946 bits per heavy atom. The van der Waals surface area contributed by atoms with Gasteiger partial charge in [-0.2, -0.15) is 0 Å². The van der Waals surface area contributed by atoms with Gasteiger partial charge in [-0.25, -0.2) is 44.9 Å². The minimum atomic E-state index is 0.500. The van der Waals surface area contributed by atoms with Crippen LogP contribution in [0.15, 0.2) is 158 Å². The first kappa shape index (κ1) is 34.1. The molecule has 0 atom stereocenters. The highest BCUT2D eigenvalue weighted by atomic mass is 15.0. The van der Waals surface area contributed by atoms with Crippen molar-refractivity contribution in [2.45, 2.75) is 13.8 Å². The van der Waals surface area contributed by atoms with Crippen LogP contribution in [0, 0.1) is 13.8 Å². The van der Waals surface area contributed by atoms with E-state index in [2.05, 4.69) is 32.1 Å². The highest BCUT2D eigenvalue weighted by Crippen LogP contribution is 2.33. The molecule has 9 aromatic rings. The molecule has 266 valence electrons. The van der Waals surface area contributed by atoms with Gasteiger partial charge in [0.05, 0.1) is 0 Å². The zero-order chi connectivity index (χ0) is 37.8. The smallest absolute Gasteiger partial charge is 0.164 e. The van der Waals surface area contributed by atoms with Crippen LogP contribution in [0.25, 0.3) is 90.8 Å². The number of rotatable bonds is 8. The van der Waals surface area contributed by atoms with Crippen LogP contribution in [0.2, 0.25) is 0 Å². The Morgan fingerprint density at radius 1 is 0.268 bits per heavy atom. The second-order valence-electron chi connectivity index (χ2n) is 13.1. The van der Waals surface area contributed by atoms with Crippen LogP contribution in [0.3, 0.4) is 0 Å². The molecule has 0 aliphatic rings. The first-order chi connectivity index (χ1) is 27.5. The highest BCUT2D eigenvalue weighted by molar-refractivity contribution is 5.79. The molecule has 0 saturated carbocycles. The summed E-state index contributed by atoms with van der Waals surface area (Å²) in [5.74, 6) is 5.18. The van der Waals surface area contributed by atoms with Gasteiger partial charge in [-0.1, -0.05) is 121 Å². The number of aromatic nitrogens is 10. The maximum absolute atomic E-state index is 5.09. The lowest BCUT2D eigenvalue weighted by Crippen LogP contribution is -2.02. The third-order valence-electron chi connectivity index (χ3n) is 9.07. The molecule has 0 aliphatic heterocycles. The van der Waals surface area contributed by atoms with E-state index in [9.17, 15) is 0 Å². The second kappa shape index (κ2) is 15.0. The molecule has 56 heavy (non-hydrogen) atoms. The summed E-state index contributed by atoms with van der Waals surface area (Å²) in [5.41, 5.74) is 7.78. The van der Waals surface area contributed by atoms with Crippen molar-refractivity contribution in [3.05, 3.63) is 170 Å². The van der Waals surface area contributed by atoms with Crippen molar-refractivity contribution in [3.63, 3.8) is 0 Å². The lowest BCUT2D eigenvalue weighted by molar-refractivity contribution is 0.991. The van der Waals surface area contributed by atoms with Gasteiger partial charge in [0.25, 0.3) is 0 Å². The van der Waals surface area contributed by atoms with E-state index in [1.165, 1.54) is 0 Å². The van der Waals surface area contributed by atoms with E-state index in [4.69, 9.17) is 29.9 Å². The molecule has 10 heteroatoms. The van der Waals surface area contributed by atoms with E-state index >= 15 is 0 Å². The molecular weight excluding hydrogens is 693 g/mol. The van der Waals surface area contributed by atoms with Crippen molar-refractivity contribution >= 4 is 0 Å². The van der Waals surface area contributed by atoms with E-state index < -0.39 is 0 Å². The normalized spacial score (nSPS) is 11.0. The topological polar surface area (TPSA) is 129 Å². The maximum atomic E-state index is 5.09. The minimum Gasteiger partial charge on any atom is -0.264 e. The molecule has 5 aromatic carbocycles. The molecule has 4 aromatic heterocycles. The molecule has 0 N–H and O–H groups in total. The largest absolute Gasteiger partial charge is 0.264 e. The Kier molecular flexibility index (Phi) is 9.10. The fourth-order valence-corrected chi connectivity index (χ4v) is 6.36. The molecule has 0 fully saturated rings. The lowest BCUT2D eigenvalue weighted by Gasteiger charge is -2.12. The average Bonchev–Trinajstić information content (AvgIpc) is 3.27. The Labute approximate surface area is 323 Å². The summed E-state index contributed by atoms with van der Waals surface area (Å²) in [6.45, 7) is 3.76. The summed E-state index contributed by atoms with van der Waals surface area (Å²) >= 11 is 0. The van der Waals surface area contributed by atoms with E-state index in [1.54, 1.807) is 6.20 Å². The molecule has 0 saturated heterocycles. The number of nitrogens with zero attached hydrogens (tertiary/aromatic N) is 10. The number of pyridine rings is 1. The summed E-state index contributed by atoms with van der Waals surface area (Å²) in [6, 6.07) is 47.8. The second-order valence-corrected chi connectivity index (χ2v) is 13.1. The van der Waals surface area contributed by atoms with E-state index in [-0.39, 0.29) is 0 Å². The van der Waals surface area contributed by atoms with E-state index in [0.717, 1.165) is 50.1 Å². The average molecular weight is 725 g/mol. The molecule has 9 rings (SSSR count). The highest BCUT2D eigenvalue weighted by Gasteiger charge is 2.17. The van der Waals surface area contributed by atoms with Gasteiger partial charge in [0.15, 0.2) is 40.8 Å². The zero-order valence-electron chi connectivity index (χ0n) is 30.5. The Hall–Kier alpha value is -7.72. The first-order valence-corrected chi connectivity index (χ1v) is 18.1. The van der Waals surface area contributed by atoms with Crippen molar-refractivity contribution in [2.75, 3.05) is 0 Å².